The highest BCUT2D eigenvalue weighted by molar-refractivity contribution is 6.27. The highest BCUT2D eigenvalue weighted by atomic mass is 16.3. The summed E-state index contributed by atoms with van der Waals surface area (Å²) in [6, 6.07) is 120. The minimum Gasteiger partial charge on any atom is -0.456 e. The van der Waals surface area contributed by atoms with Crippen LogP contribution in [0.1, 0.15) is 23.6 Å². The van der Waals surface area contributed by atoms with Crippen LogP contribution in [0.15, 0.2) is 330 Å². The third-order valence-electron chi connectivity index (χ3n) is 21.8. The molecule has 450 valence electrons. The first-order valence-corrected chi connectivity index (χ1v) is 33.8. The van der Waals surface area contributed by atoms with Crippen LogP contribution in [0.3, 0.4) is 0 Å². The van der Waals surface area contributed by atoms with Crippen LogP contribution >= 0.6 is 0 Å². The lowest BCUT2D eigenvalue weighted by Crippen LogP contribution is -2.24. The van der Waals surface area contributed by atoms with Crippen LogP contribution in [0.25, 0.3) is 197 Å². The molecule has 0 aliphatic heterocycles. The first kappa shape index (κ1) is 54.1. The molecular weight excluding hydrogens is 1170 g/mol. The Hall–Kier alpha value is -12.4. The summed E-state index contributed by atoms with van der Waals surface area (Å²) in [5, 5.41) is 24.1. The predicted octanol–water partition coefficient (Wildman–Crippen LogP) is 26.6. The van der Waals surface area contributed by atoms with Gasteiger partial charge in [-0.15, -0.1) is 0 Å². The summed E-state index contributed by atoms with van der Waals surface area (Å²) in [6.45, 7) is 2.46. The zero-order chi connectivity index (χ0) is 63.6. The molecule has 0 saturated carbocycles. The molecule has 0 fully saturated rings. The van der Waals surface area contributed by atoms with E-state index in [0.717, 1.165) is 61.1 Å². The Morgan fingerprint density at radius 1 is 0.227 bits per heavy atom. The van der Waals surface area contributed by atoms with E-state index in [1.807, 2.05) is 0 Å². The van der Waals surface area contributed by atoms with Crippen LogP contribution < -0.4 is 0 Å². The van der Waals surface area contributed by atoms with E-state index in [9.17, 15) is 0 Å². The minimum absolute atomic E-state index is 0.325. The molecule has 18 aromatic carbocycles. The maximum Gasteiger partial charge on any atom is 0.143 e. The van der Waals surface area contributed by atoms with E-state index in [4.69, 9.17) is 8.83 Å². The Kier molecular flexibility index (Phi) is 11.5. The molecule has 2 aromatic heterocycles. The van der Waals surface area contributed by atoms with Crippen LogP contribution in [0.2, 0.25) is 0 Å². The van der Waals surface area contributed by atoms with Gasteiger partial charge in [-0.05, 0) is 231 Å². The van der Waals surface area contributed by atoms with Crippen molar-refractivity contribution in [1.29, 1.82) is 0 Å². The maximum atomic E-state index is 7.05. The number of furan rings is 2. The summed E-state index contributed by atoms with van der Waals surface area (Å²) < 4.78 is 13.6. The van der Waals surface area contributed by atoms with E-state index in [0.29, 0.717) is 0 Å². The predicted molar refractivity (Wildman–Crippen MR) is 410 cm³/mol. The first-order valence-electron chi connectivity index (χ1n) is 33.8. The third kappa shape index (κ3) is 8.02. The summed E-state index contributed by atoms with van der Waals surface area (Å²) in [5.41, 5.74) is 22.0. The highest BCUT2D eigenvalue weighted by Crippen LogP contribution is 2.54. The van der Waals surface area contributed by atoms with Gasteiger partial charge in [0.1, 0.15) is 22.3 Å². The largest absolute Gasteiger partial charge is 0.456 e. The molecule has 97 heavy (non-hydrogen) atoms. The van der Waals surface area contributed by atoms with Crippen molar-refractivity contribution in [2.45, 2.75) is 18.8 Å². The lowest BCUT2D eigenvalue weighted by atomic mass is 9.74. The molecule has 0 N–H and O–H groups in total. The van der Waals surface area contributed by atoms with Gasteiger partial charge in [0.2, 0.25) is 0 Å². The zero-order valence-electron chi connectivity index (χ0n) is 53.1. The number of benzene rings is 18. The lowest BCUT2D eigenvalue weighted by molar-refractivity contribution is 0.583. The van der Waals surface area contributed by atoms with Crippen molar-refractivity contribution < 1.29 is 8.83 Å². The molecule has 20 aromatic rings. The van der Waals surface area contributed by atoms with Crippen LogP contribution in [0.5, 0.6) is 0 Å². The average Bonchev–Trinajstić information content (AvgIpc) is 1.68. The van der Waals surface area contributed by atoms with Crippen LogP contribution in [0.4, 0.5) is 0 Å². The van der Waals surface area contributed by atoms with Crippen LogP contribution in [-0.4, -0.2) is 0 Å². The molecule has 21 rings (SSSR count). The van der Waals surface area contributed by atoms with Crippen molar-refractivity contribution in [3.8, 4) is 66.8 Å². The van der Waals surface area contributed by atoms with Crippen molar-refractivity contribution in [3.63, 3.8) is 0 Å². The van der Waals surface area contributed by atoms with Crippen LogP contribution in [-0.2, 0) is 11.8 Å². The third-order valence-corrected chi connectivity index (χ3v) is 21.8. The molecule has 0 spiro atoms. The van der Waals surface area contributed by atoms with Gasteiger partial charge in [0.05, 0.1) is 0 Å². The lowest BCUT2D eigenvalue weighted by Gasteiger charge is -2.28. The quantitative estimate of drug-likeness (QED) is 0.117. The molecule has 0 bridgehead atoms. The van der Waals surface area contributed by atoms with Gasteiger partial charge in [-0.1, -0.05) is 268 Å². The smallest absolute Gasteiger partial charge is 0.143 e. The van der Waals surface area contributed by atoms with Gasteiger partial charge in [-0.3, -0.25) is 0 Å². The van der Waals surface area contributed by atoms with Gasteiger partial charge in [0.15, 0.2) is 0 Å². The van der Waals surface area contributed by atoms with Crippen molar-refractivity contribution in [2.75, 3.05) is 0 Å². The summed E-state index contributed by atoms with van der Waals surface area (Å²) in [7, 11) is 0. The van der Waals surface area contributed by atoms with Gasteiger partial charge in [-0.25, -0.2) is 0 Å². The number of hydrogen-bond donors (Lipinski definition) is 0. The fourth-order valence-corrected chi connectivity index (χ4v) is 17.4. The Labute approximate surface area is 559 Å². The summed E-state index contributed by atoms with van der Waals surface area (Å²) in [5.74, 6) is 0. The second kappa shape index (κ2) is 20.6. The van der Waals surface area contributed by atoms with Crippen molar-refractivity contribution in [2.24, 2.45) is 0 Å². The highest BCUT2D eigenvalue weighted by Gasteiger charge is 2.40. The molecule has 1 unspecified atom stereocenters. The van der Waals surface area contributed by atoms with Crippen molar-refractivity contribution >= 4 is 130 Å². The molecule has 0 saturated heterocycles. The summed E-state index contributed by atoms with van der Waals surface area (Å²) in [4.78, 5) is 0. The van der Waals surface area contributed by atoms with E-state index in [-0.39, 0.29) is 5.41 Å². The van der Waals surface area contributed by atoms with E-state index in [1.54, 1.807) is 0 Å². The fraction of sp³-hybridized carbons (Fsp3) is 0.0316. The second-order valence-corrected chi connectivity index (χ2v) is 27.1. The number of rotatable bonds is 7. The van der Waals surface area contributed by atoms with E-state index < -0.39 is 0 Å². The summed E-state index contributed by atoms with van der Waals surface area (Å²) >= 11 is 0. The summed E-state index contributed by atoms with van der Waals surface area (Å²) in [6.07, 6.45) is 0.813. The molecule has 1 atom stereocenters. The molecular formula is C95H58O2. The molecule has 0 radical (unpaired) electrons. The Morgan fingerprint density at radius 2 is 0.680 bits per heavy atom. The molecule has 2 heterocycles. The molecule has 1 aliphatic carbocycles. The molecule has 1 aliphatic rings. The van der Waals surface area contributed by atoms with Gasteiger partial charge >= 0.3 is 0 Å². The monoisotopic (exact) mass is 1230 g/mol. The average molecular weight is 1230 g/mol. The Morgan fingerprint density at radius 3 is 1.35 bits per heavy atom. The van der Waals surface area contributed by atoms with Crippen molar-refractivity contribution in [1.82, 2.24) is 0 Å². The van der Waals surface area contributed by atoms with Crippen molar-refractivity contribution in [3.05, 3.63) is 338 Å². The Balaban J connectivity index is 0.652. The van der Waals surface area contributed by atoms with Gasteiger partial charge < -0.3 is 8.83 Å². The topological polar surface area (TPSA) is 26.3 Å². The van der Waals surface area contributed by atoms with E-state index in [1.165, 1.54) is 159 Å². The van der Waals surface area contributed by atoms with Gasteiger partial charge in [0, 0.05) is 32.3 Å². The second-order valence-electron chi connectivity index (χ2n) is 27.1. The van der Waals surface area contributed by atoms with Gasteiger partial charge in [-0.2, -0.15) is 0 Å². The van der Waals surface area contributed by atoms with Gasteiger partial charge in [0.25, 0.3) is 0 Å². The number of hydrogen-bond acceptors (Lipinski definition) is 2. The number of fused-ring (bicyclic) bond motifs is 19. The SMILES string of the molecule is CC1(Cc2ccc3ccc4c5cc(-c6c7ccccc7c(-c7cccc8c7ccc7ccccc78)c7ccccc67)ccc5oc4c3c2)c2ccccc2-c2ccc(-c3cccc(-c4c5ccccc5c(-c5ccc6oc7cc8ccccc8cc7c6c5)c5ccccc45)c3)cc21. The van der Waals surface area contributed by atoms with E-state index in [2.05, 4.69) is 328 Å². The molecule has 2 heteroatoms. The minimum atomic E-state index is -0.325. The standard InChI is InChI=1S/C95H58O2/c1-95(55-56-36-37-58-39-45-80-82-51-64(42-47-88(82)97-94(80)81(58)48-56)92-76-29-10-12-31-78(76)93(79-32-13-11-30-77(79)92)71-34-17-33-67-66-23-5-4-18-57(66)38-43-68(67)71)85-35-15-14-24-69(85)70-44-40-62(53-86(70)95)59-21-16-22-63(49-59)90-72-25-6-8-27-74(72)91(75-28-9-7-26-73(75)90)65-41-46-87-83(52-65)84-50-60-19-2-3-20-61(60)54-89(84)96-87/h2-54H,55H2,1H3. The molecule has 0 amide bonds. The first-order chi connectivity index (χ1) is 47.9. The Bertz CT molecular complexity index is 6700. The van der Waals surface area contributed by atoms with E-state index >= 15 is 0 Å². The zero-order valence-corrected chi connectivity index (χ0v) is 53.1. The maximum absolute atomic E-state index is 7.05. The molecule has 2 nitrogen and oxygen atoms in total. The van der Waals surface area contributed by atoms with Crippen LogP contribution in [0, 0.1) is 0 Å². The fourth-order valence-electron chi connectivity index (χ4n) is 17.4. The normalized spacial score (nSPS) is 13.9.